The van der Waals surface area contributed by atoms with Gasteiger partial charge in [0.15, 0.2) is 0 Å². The topological polar surface area (TPSA) is 29.3 Å². The summed E-state index contributed by atoms with van der Waals surface area (Å²) in [6.45, 7) is 3.00. The van der Waals surface area contributed by atoms with Crippen LogP contribution in [0.15, 0.2) is 24.3 Å². The average Bonchev–Trinajstić information content (AvgIpc) is 2.38. The minimum atomic E-state index is 0.628. The molecular weight excluding hydrogens is 208 g/mol. The van der Waals surface area contributed by atoms with Crippen LogP contribution in [0.2, 0.25) is 0 Å². The molecule has 2 unspecified atom stereocenters. The predicted molar refractivity (Wildman–Crippen MR) is 74.2 cm³/mol. The van der Waals surface area contributed by atoms with Gasteiger partial charge < -0.3 is 10.6 Å². The zero-order valence-electron chi connectivity index (χ0n) is 11.0. The Bertz CT molecular complexity index is 362. The van der Waals surface area contributed by atoms with Crippen molar-refractivity contribution >= 4 is 5.69 Å². The minimum Gasteiger partial charge on any atom is -0.371 e. The second kappa shape index (κ2) is 5.54. The van der Waals surface area contributed by atoms with Crippen molar-refractivity contribution in [1.29, 1.82) is 0 Å². The number of hydrogen-bond acceptors (Lipinski definition) is 2. The van der Waals surface area contributed by atoms with Crippen molar-refractivity contribution in [3.8, 4) is 0 Å². The molecule has 1 fully saturated rings. The van der Waals surface area contributed by atoms with Gasteiger partial charge in [-0.25, -0.2) is 0 Å². The van der Waals surface area contributed by atoms with Gasteiger partial charge in [0.2, 0.25) is 0 Å². The van der Waals surface area contributed by atoms with E-state index in [1.807, 2.05) is 0 Å². The number of nitrogens with two attached hydrogens (primary N) is 1. The van der Waals surface area contributed by atoms with E-state index < -0.39 is 0 Å². The maximum Gasteiger partial charge on any atom is 0.0411 e. The van der Waals surface area contributed by atoms with Gasteiger partial charge >= 0.3 is 0 Å². The molecule has 1 aliphatic carbocycles. The second-order valence-corrected chi connectivity index (χ2v) is 5.37. The first-order valence-electron chi connectivity index (χ1n) is 6.73. The van der Waals surface area contributed by atoms with Gasteiger partial charge in [0.25, 0.3) is 0 Å². The molecule has 0 aromatic heterocycles. The van der Waals surface area contributed by atoms with Crippen LogP contribution in [0.1, 0.15) is 38.2 Å². The predicted octanol–water partition coefficient (Wildman–Crippen LogP) is 3.16. The smallest absolute Gasteiger partial charge is 0.0411 e. The molecule has 0 aliphatic heterocycles. The number of hydrogen-bond donors (Lipinski definition) is 1. The molecule has 1 aliphatic rings. The summed E-state index contributed by atoms with van der Waals surface area (Å²) in [7, 11) is 2.22. The molecular formula is C15H24N2. The number of para-hydroxylation sites is 1. The lowest BCUT2D eigenvalue weighted by molar-refractivity contribution is 0.336. The quantitative estimate of drug-likeness (QED) is 0.867. The third-order valence-electron chi connectivity index (χ3n) is 4.05. The van der Waals surface area contributed by atoms with Gasteiger partial charge in [0, 0.05) is 25.3 Å². The zero-order chi connectivity index (χ0) is 12.3. The Balaban J connectivity index is 2.15. The normalized spacial score (nSPS) is 24.6. The fourth-order valence-electron chi connectivity index (χ4n) is 2.98. The molecule has 1 saturated carbocycles. The van der Waals surface area contributed by atoms with Gasteiger partial charge in [-0.3, -0.25) is 0 Å². The summed E-state index contributed by atoms with van der Waals surface area (Å²) < 4.78 is 0. The van der Waals surface area contributed by atoms with Gasteiger partial charge in [-0.15, -0.1) is 0 Å². The van der Waals surface area contributed by atoms with E-state index in [2.05, 4.69) is 43.1 Å². The molecule has 0 heterocycles. The lowest BCUT2D eigenvalue weighted by Gasteiger charge is -2.36. The summed E-state index contributed by atoms with van der Waals surface area (Å²) in [6, 6.07) is 9.20. The zero-order valence-corrected chi connectivity index (χ0v) is 11.0. The van der Waals surface area contributed by atoms with E-state index >= 15 is 0 Å². The highest BCUT2D eigenvalue weighted by Gasteiger charge is 2.23. The molecule has 17 heavy (non-hydrogen) atoms. The molecule has 0 radical (unpaired) electrons. The van der Waals surface area contributed by atoms with Crippen LogP contribution in [0, 0.1) is 5.92 Å². The average molecular weight is 232 g/mol. The maximum atomic E-state index is 5.82. The largest absolute Gasteiger partial charge is 0.371 e. The first kappa shape index (κ1) is 12.4. The molecule has 2 atom stereocenters. The van der Waals surface area contributed by atoms with Crippen molar-refractivity contribution < 1.29 is 0 Å². The van der Waals surface area contributed by atoms with Gasteiger partial charge in [0.05, 0.1) is 0 Å². The van der Waals surface area contributed by atoms with E-state index in [9.17, 15) is 0 Å². The lowest BCUT2D eigenvalue weighted by Crippen LogP contribution is -2.36. The van der Waals surface area contributed by atoms with Gasteiger partial charge in [-0.1, -0.05) is 38.0 Å². The van der Waals surface area contributed by atoms with Crippen LogP contribution in [0.25, 0.3) is 0 Å². The van der Waals surface area contributed by atoms with E-state index in [0.717, 1.165) is 5.92 Å². The molecule has 2 rings (SSSR count). The van der Waals surface area contributed by atoms with Crippen molar-refractivity contribution in [1.82, 2.24) is 0 Å². The summed E-state index contributed by atoms with van der Waals surface area (Å²) >= 11 is 0. The van der Waals surface area contributed by atoms with E-state index in [1.165, 1.54) is 36.9 Å². The highest BCUT2D eigenvalue weighted by Crippen LogP contribution is 2.30. The Kier molecular flexibility index (Phi) is 4.06. The van der Waals surface area contributed by atoms with E-state index in [1.54, 1.807) is 0 Å². The Morgan fingerprint density at radius 1 is 1.29 bits per heavy atom. The maximum absolute atomic E-state index is 5.82. The fourth-order valence-corrected chi connectivity index (χ4v) is 2.98. The monoisotopic (exact) mass is 232 g/mol. The van der Waals surface area contributed by atoms with Crippen LogP contribution in [-0.2, 0) is 6.54 Å². The third-order valence-corrected chi connectivity index (χ3v) is 4.05. The Hall–Kier alpha value is -1.02. The Labute approximate surface area is 105 Å². The minimum absolute atomic E-state index is 0.628. The number of rotatable bonds is 3. The van der Waals surface area contributed by atoms with Crippen molar-refractivity contribution in [3.05, 3.63) is 29.8 Å². The lowest BCUT2D eigenvalue weighted by atomic mass is 9.86. The molecule has 1 aromatic rings. The number of nitrogens with zero attached hydrogens (tertiary/aromatic N) is 1. The number of anilines is 1. The van der Waals surface area contributed by atoms with Crippen molar-refractivity contribution in [2.45, 2.75) is 45.2 Å². The van der Waals surface area contributed by atoms with Crippen molar-refractivity contribution in [3.63, 3.8) is 0 Å². The molecule has 0 saturated heterocycles. The third kappa shape index (κ3) is 2.81. The molecule has 2 nitrogen and oxygen atoms in total. The highest BCUT2D eigenvalue weighted by molar-refractivity contribution is 5.53. The van der Waals surface area contributed by atoms with Gasteiger partial charge in [0.1, 0.15) is 0 Å². The molecule has 2 N–H and O–H groups in total. The summed E-state index contributed by atoms with van der Waals surface area (Å²) in [4.78, 5) is 2.44. The second-order valence-electron chi connectivity index (χ2n) is 5.37. The van der Waals surface area contributed by atoms with E-state index in [0.29, 0.717) is 12.6 Å². The molecule has 94 valence electrons. The van der Waals surface area contributed by atoms with Crippen LogP contribution in [0.3, 0.4) is 0 Å². The summed E-state index contributed by atoms with van der Waals surface area (Å²) in [5.74, 6) is 0.862. The van der Waals surface area contributed by atoms with Crippen LogP contribution in [0.4, 0.5) is 5.69 Å². The fraction of sp³-hybridized carbons (Fsp3) is 0.600. The standard InChI is InChI=1S/C15H24N2/c1-12-6-5-8-14(10-12)17(2)15-9-4-3-7-13(15)11-16/h3-4,7,9,12,14H,5-6,8,10-11,16H2,1-2H3. The molecule has 0 bridgehead atoms. The first-order chi connectivity index (χ1) is 8.22. The van der Waals surface area contributed by atoms with Crippen LogP contribution in [-0.4, -0.2) is 13.1 Å². The molecule has 1 aromatic carbocycles. The number of benzene rings is 1. The van der Waals surface area contributed by atoms with Crippen molar-refractivity contribution in [2.75, 3.05) is 11.9 Å². The summed E-state index contributed by atoms with van der Waals surface area (Å²) in [5.41, 5.74) is 8.39. The highest BCUT2D eigenvalue weighted by atomic mass is 15.1. The summed E-state index contributed by atoms with van der Waals surface area (Å²) in [5, 5.41) is 0. The molecule has 2 heteroatoms. The SMILES string of the molecule is CC1CCCC(N(C)c2ccccc2CN)C1. The van der Waals surface area contributed by atoms with Crippen molar-refractivity contribution in [2.24, 2.45) is 11.7 Å². The first-order valence-corrected chi connectivity index (χ1v) is 6.73. The van der Waals surface area contributed by atoms with E-state index in [-0.39, 0.29) is 0 Å². The van der Waals surface area contributed by atoms with E-state index in [4.69, 9.17) is 5.73 Å². The van der Waals surface area contributed by atoms with Gasteiger partial charge in [-0.2, -0.15) is 0 Å². The van der Waals surface area contributed by atoms with Crippen LogP contribution < -0.4 is 10.6 Å². The van der Waals surface area contributed by atoms with Gasteiger partial charge in [-0.05, 0) is 30.4 Å². The Morgan fingerprint density at radius 2 is 2.06 bits per heavy atom. The molecule has 0 amide bonds. The summed E-state index contributed by atoms with van der Waals surface area (Å²) in [6.07, 6.45) is 5.39. The molecule has 0 spiro atoms. The van der Waals surface area contributed by atoms with Crippen LogP contribution in [0.5, 0.6) is 0 Å². The Morgan fingerprint density at radius 3 is 2.76 bits per heavy atom. The van der Waals surface area contributed by atoms with Crippen LogP contribution >= 0.6 is 0 Å².